The number of ether oxygens (including phenoxy) is 1. The minimum absolute atomic E-state index is 0.137. The topological polar surface area (TPSA) is 84.4 Å². The molecule has 30 heavy (non-hydrogen) atoms. The van der Waals surface area contributed by atoms with Gasteiger partial charge < -0.3 is 15.0 Å². The molecule has 1 aromatic heterocycles. The lowest BCUT2D eigenvalue weighted by atomic mass is 9.92. The molecule has 1 fully saturated rings. The first-order chi connectivity index (χ1) is 14.6. The van der Waals surface area contributed by atoms with E-state index in [4.69, 9.17) is 4.74 Å². The number of likely N-dealkylation sites (tertiary alicyclic amines) is 1. The van der Waals surface area contributed by atoms with Crippen molar-refractivity contribution in [2.75, 3.05) is 13.2 Å². The highest BCUT2D eigenvalue weighted by Crippen LogP contribution is 2.25. The molecule has 1 N–H and O–H groups in total. The van der Waals surface area contributed by atoms with E-state index < -0.39 is 0 Å². The molecular weight excluding hydrogens is 380 g/mol. The maximum atomic E-state index is 13.2. The maximum absolute atomic E-state index is 13.2. The molecule has 156 valence electrons. The van der Waals surface area contributed by atoms with E-state index in [-0.39, 0.29) is 23.9 Å². The number of benzene rings is 1. The van der Waals surface area contributed by atoms with Crippen molar-refractivity contribution < 1.29 is 14.3 Å². The zero-order chi connectivity index (χ0) is 20.9. The number of nitrogens with one attached hydrogen (secondary N) is 1. The van der Waals surface area contributed by atoms with E-state index in [9.17, 15) is 9.59 Å². The van der Waals surface area contributed by atoms with Crippen LogP contribution in [0.4, 0.5) is 0 Å². The summed E-state index contributed by atoms with van der Waals surface area (Å²) in [6, 6.07) is 6.99. The van der Waals surface area contributed by atoms with Gasteiger partial charge in [0.2, 0.25) is 0 Å². The summed E-state index contributed by atoms with van der Waals surface area (Å²) in [4.78, 5) is 36.5. The predicted molar refractivity (Wildman–Crippen MR) is 112 cm³/mol. The van der Waals surface area contributed by atoms with Gasteiger partial charge in [-0.15, -0.1) is 0 Å². The van der Waals surface area contributed by atoms with E-state index in [1.54, 1.807) is 12.3 Å². The van der Waals surface area contributed by atoms with Gasteiger partial charge in [-0.3, -0.25) is 14.6 Å². The average Bonchev–Trinajstić information content (AvgIpc) is 2.76. The van der Waals surface area contributed by atoms with E-state index in [1.165, 1.54) is 6.20 Å². The molecule has 2 atom stereocenters. The highest BCUT2D eigenvalue weighted by Gasteiger charge is 2.36. The molecule has 0 bridgehead atoms. The third-order valence-corrected chi connectivity index (χ3v) is 5.57. The Balaban J connectivity index is 1.62. The van der Waals surface area contributed by atoms with Crippen molar-refractivity contribution in [2.24, 2.45) is 0 Å². The summed E-state index contributed by atoms with van der Waals surface area (Å²) in [5.74, 6) is 0.268. The van der Waals surface area contributed by atoms with Crippen LogP contribution in [0.25, 0.3) is 0 Å². The second kappa shape index (κ2) is 9.07. The van der Waals surface area contributed by atoms with Crippen molar-refractivity contribution in [3.63, 3.8) is 0 Å². The van der Waals surface area contributed by atoms with Crippen molar-refractivity contribution in [1.82, 2.24) is 20.2 Å². The van der Waals surface area contributed by atoms with Crippen LogP contribution >= 0.6 is 0 Å². The summed E-state index contributed by atoms with van der Waals surface area (Å²) in [7, 11) is 0. The molecule has 1 saturated heterocycles. The first-order valence-electron chi connectivity index (χ1n) is 10.4. The molecule has 0 unspecified atom stereocenters. The standard InChI is InChI=1S/C23H26N4O3/c1-16-14-25-19(15-24-16)23(29)27-12-7-9-18-20(27)10-3-2-6-13-30-21-11-5-4-8-17(21)22(28)26-18/h2-5,8,11,14-15,18,20H,6-7,9-10,12-13H2,1H3,(H,26,28)/b3-2+/t18-,20-/m0/s1. The molecule has 0 spiro atoms. The monoisotopic (exact) mass is 406 g/mol. The molecule has 0 radical (unpaired) electrons. The van der Waals surface area contributed by atoms with E-state index >= 15 is 0 Å². The Labute approximate surface area is 176 Å². The summed E-state index contributed by atoms with van der Waals surface area (Å²) in [5.41, 5.74) is 1.63. The molecule has 0 aliphatic carbocycles. The number of hydrogen-bond acceptors (Lipinski definition) is 5. The lowest BCUT2D eigenvalue weighted by Gasteiger charge is -2.41. The van der Waals surface area contributed by atoms with Gasteiger partial charge in [0, 0.05) is 18.8 Å². The Morgan fingerprint density at radius 3 is 2.90 bits per heavy atom. The number of carbonyl (C=O) groups excluding carboxylic acids is 2. The fraction of sp³-hybridized carbons (Fsp3) is 0.391. The molecule has 2 aliphatic rings. The number of rotatable bonds is 1. The highest BCUT2D eigenvalue weighted by atomic mass is 16.5. The van der Waals surface area contributed by atoms with Gasteiger partial charge in [0.15, 0.2) is 0 Å². The lowest BCUT2D eigenvalue weighted by molar-refractivity contribution is 0.0525. The summed E-state index contributed by atoms with van der Waals surface area (Å²) < 4.78 is 5.80. The smallest absolute Gasteiger partial charge is 0.274 e. The van der Waals surface area contributed by atoms with Gasteiger partial charge in [0.05, 0.1) is 30.1 Å². The zero-order valence-corrected chi connectivity index (χ0v) is 17.1. The number of nitrogens with zero attached hydrogens (tertiary/aromatic N) is 3. The molecular formula is C23H26N4O3. The Hall–Kier alpha value is -3.22. The maximum Gasteiger partial charge on any atom is 0.274 e. The van der Waals surface area contributed by atoms with Crippen molar-refractivity contribution in [2.45, 2.75) is 44.7 Å². The first-order valence-corrected chi connectivity index (χ1v) is 10.4. The molecule has 1 aromatic carbocycles. The van der Waals surface area contributed by atoms with Crippen LogP contribution in [0.2, 0.25) is 0 Å². The third kappa shape index (κ3) is 4.35. The third-order valence-electron chi connectivity index (χ3n) is 5.57. The molecule has 2 amide bonds. The number of piperidine rings is 1. The van der Waals surface area contributed by atoms with Crippen LogP contribution in [0.1, 0.15) is 52.2 Å². The fourth-order valence-corrected chi connectivity index (χ4v) is 4.04. The van der Waals surface area contributed by atoms with E-state index in [2.05, 4.69) is 27.4 Å². The number of fused-ring (bicyclic) bond motifs is 2. The van der Waals surface area contributed by atoms with Gasteiger partial charge >= 0.3 is 0 Å². The number of aryl methyl sites for hydroxylation is 1. The quantitative estimate of drug-likeness (QED) is 0.736. The van der Waals surface area contributed by atoms with Gasteiger partial charge in [0.25, 0.3) is 11.8 Å². The van der Waals surface area contributed by atoms with Crippen molar-refractivity contribution in [3.05, 3.63) is 65.8 Å². The van der Waals surface area contributed by atoms with Gasteiger partial charge in [-0.1, -0.05) is 24.3 Å². The minimum atomic E-state index is -0.172. The Morgan fingerprint density at radius 1 is 1.20 bits per heavy atom. The number of hydrogen-bond donors (Lipinski definition) is 1. The number of carbonyl (C=O) groups is 2. The molecule has 0 saturated carbocycles. The SMILES string of the molecule is Cc1cnc(C(=O)N2CCC[C@@H]3NC(=O)c4ccccc4OCC/C=C/C[C@@H]32)cn1. The van der Waals surface area contributed by atoms with Crippen molar-refractivity contribution in [3.8, 4) is 5.75 Å². The minimum Gasteiger partial charge on any atom is -0.492 e. The first kappa shape index (κ1) is 20.1. The average molecular weight is 406 g/mol. The largest absolute Gasteiger partial charge is 0.492 e. The van der Waals surface area contributed by atoms with E-state index in [1.807, 2.05) is 30.0 Å². The number of amides is 2. The van der Waals surface area contributed by atoms with Crippen LogP contribution in [0.5, 0.6) is 5.75 Å². The lowest BCUT2D eigenvalue weighted by Crippen LogP contribution is -2.57. The zero-order valence-electron chi connectivity index (χ0n) is 17.1. The number of para-hydroxylation sites is 1. The normalized spacial score (nSPS) is 23.0. The van der Waals surface area contributed by atoms with Crippen LogP contribution in [0.3, 0.4) is 0 Å². The molecule has 7 heteroatoms. The summed E-state index contributed by atoms with van der Waals surface area (Å²) in [6.07, 6.45) is 10.3. The van der Waals surface area contributed by atoms with Crippen molar-refractivity contribution in [1.29, 1.82) is 0 Å². The van der Waals surface area contributed by atoms with Gasteiger partial charge in [-0.2, -0.15) is 0 Å². The van der Waals surface area contributed by atoms with Crippen LogP contribution in [-0.4, -0.2) is 51.9 Å². The predicted octanol–water partition coefficient (Wildman–Crippen LogP) is 2.92. The summed E-state index contributed by atoms with van der Waals surface area (Å²) >= 11 is 0. The van der Waals surface area contributed by atoms with E-state index in [0.717, 1.165) is 25.0 Å². The Bertz CT molecular complexity index is 942. The molecule has 3 heterocycles. The van der Waals surface area contributed by atoms with Crippen LogP contribution in [-0.2, 0) is 0 Å². The van der Waals surface area contributed by atoms with E-state index in [0.29, 0.717) is 36.6 Å². The van der Waals surface area contributed by atoms with Crippen molar-refractivity contribution >= 4 is 11.8 Å². The highest BCUT2D eigenvalue weighted by molar-refractivity contribution is 5.97. The second-order valence-corrected chi connectivity index (χ2v) is 7.67. The van der Waals surface area contributed by atoms with Crippen LogP contribution < -0.4 is 10.1 Å². The number of aromatic nitrogens is 2. The molecule has 4 rings (SSSR count). The van der Waals surface area contributed by atoms with Gasteiger partial charge in [-0.25, -0.2) is 4.98 Å². The van der Waals surface area contributed by atoms with Crippen LogP contribution in [0, 0.1) is 6.92 Å². The molecule has 7 nitrogen and oxygen atoms in total. The molecule has 2 aliphatic heterocycles. The summed E-state index contributed by atoms with van der Waals surface area (Å²) in [6.45, 7) is 2.97. The Morgan fingerprint density at radius 2 is 2.07 bits per heavy atom. The second-order valence-electron chi connectivity index (χ2n) is 7.67. The van der Waals surface area contributed by atoms with Gasteiger partial charge in [-0.05, 0) is 44.7 Å². The summed E-state index contributed by atoms with van der Waals surface area (Å²) in [5, 5.41) is 3.16. The van der Waals surface area contributed by atoms with Gasteiger partial charge in [0.1, 0.15) is 11.4 Å². The Kier molecular flexibility index (Phi) is 6.07. The molecule has 2 aromatic rings. The van der Waals surface area contributed by atoms with Crippen LogP contribution in [0.15, 0.2) is 48.8 Å². The fourth-order valence-electron chi connectivity index (χ4n) is 4.04.